The van der Waals surface area contributed by atoms with Gasteiger partial charge in [-0.1, -0.05) is 24.4 Å². The van der Waals surface area contributed by atoms with E-state index >= 15 is 0 Å². The Hall–Kier alpha value is -0.280. The van der Waals surface area contributed by atoms with Crippen molar-refractivity contribution in [3.05, 3.63) is 17.0 Å². The van der Waals surface area contributed by atoms with E-state index in [9.17, 15) is 0 Å². The highest BCUT2D eigenvalue weighted by atomic mass is 35.5. The van der Waals surface area contributed by atoms with Gasteiger partial charge in [0.05, 0.1) is 0 Å². The molecule has 0 N–H and O–H groups in total. The summed E-state index contributed by atoms with van der Waals surface area (Å²) >= 11 is 8.02. The highest BCUT2D eigenvalue weighted by molar-refractivity contribution is 8.00. The normalized spacial score (nSPS) is 29.8. The third kappa shape index (κ3) is 1.26. The molecule has 0 spiro atoms. The minimum absolute atomic E-state index is 0.623. The van der Waals surface area contributed by atoms with Crippen LogP contribution < -0.4 is 0 Å². The minimum Gasteiger partial charge on any atom is -0.230 e. The van der Waals surface area contributed by atoms with Crippen molar-refractivity contribution in [3.63, 3.8) is 0 Å². The third-order valence-electron chi connectivity index (χ3n) is 3.14. The monoisotopic (exact) mass is 226 g/mol. The first-order valence-corrected chi connectivity index (χ1v) is 6.29. The molecule has 1 aliphatic carbocycles. The maximum Gasteiger partial charge on any atom is 0.137 e. The number of hydrogen-bond acceptors (Lipinski definition) is 3. The fourth-order valence-electron chi connectivity index (χ4n) is 2.48. The number of hydrogen-bond donors (Lipinski definition) is 0. The van der Waals surface area contributed by atoms with Gasteiger partial charge in [-0.15, -0.1) is 11.8 Å². The molecule has 0 aromatic carbocycles. The number of rotatable bonds is 0. The van der Waals surface area contributed by atoms with E-state index in [1.807, 2.05) is 11.8 Å². The second-order valence-electron chi connectivity index (χ2n) is 3.93. The van der Waals surface area contributed by atoms with Crippen LogP contribution in [0.4, 0.5) is 0 Å². The minimum atomic E-state index is 0.623. The molecule has 1 aromatic rings. The van der Waals surface area contributed by atoms with Crippen LogP contribution >= 0.6 is 23.4 Å². The number of aromatic nitrogens is 2. The Morgan fingerprint density at radius 2 is 2.14 bits per heavy atom. The summed E-state index contributed by atoms with van der Waals surface area (Å²) in [6.45, 7) is 0. The van der Waals surface area contributed by atoms with Crippen LogP contribution in [0, 0.1) is 0 Å². The van der Waals surface area contributed by atoms with Crippen molar-refractivity contribution in [2.45, 2.75) is 41.9 Å². The molecule has 1 saturated carbocycles. The van der Waals surface area contributed by atoms with E-state index in [2.05, 4.69) is 9.97 Å². The summed E-state index contributed by atoms with van der Waals surface area (Å²) in [6.07, 6.45) is 6.82. The van der Waals surface area contributed by atoms with Gasteiger partial charge < -0.3 is 0 Å². The lowest BCUT2D eigenvalue weighted by atomic mass is 9.85. The summed E-state index contributed by atoms with van der Waals surface area (Å²) in [5.74, 6) is 0.623. The van der Waals surface area contributed by atoms with E-state index in [-0.39, 0.29) is 0 Å². The van der Waals surface area contributed by atoms with Crippen LogP contribution in [-0.2, 0) is 0 Å². The van der Waals surface area contributed by atoms with Crippen molar-refractivity contribution in [1.29, 1.82) is 0 Å². The molecule has 0 bridgehead atoms. The summed E-state index contributed by atoms with van der Waals surface area (Å²) in [7, 11) is 0. The average Bonchev–Trinajstić information content (AvgIpc) is 2.57. The molecule has 2 nitrogen and oxygen atoms in total. The van der Waals surface area contributed by atoms with Gasteiger partial charge >= 0.3 is 0 Å². The third-order valence-corrected chi connectivity index (χ3v) is 4.85. The lowest BCUT2D eigenvalue weighted by Crippen LogP contribution is -2.15. The zero-order valence-corrected chi connectivity index (χ0v) is 9.31. The van der Waals surface area contributed by atoms with E-state index in [1.165, 1.54) is 31.2 Å². The van der Waals surface area contributed by atoms with E-state index in [0.717, 1.165) is 5.03 Å². The van der Waals surface area contributed by atoms with Crippen LogP contribution in [0.25, 0.3) is 0 Å². The number of thioether (sulfide) groups is 1. The molecule has 0 saturated heterocycles. The van der Waals surface area contributed by atoms with Gasteiger partial charge in [0.25, 0.3) is 0 Å². The predicted octanol–water partition coefficient (Wildman–Crippen LogP) is 3.26. The average molecular weight is 227 g/mol. The molecular weight excluding hydrogens is 216 g/mol. The topological polar surface area (TPSA) is 25.8 Å². The molecule has 74 valence electrons. The molecule has 1 aromatic heterocycles. The molecule has 3 rings (SSSR count). The van der Waals surface area contributed by atoms with Crippen molar-refractivity contribution in [1.82, 2.24) is 9.97 Å². The van der Waals surface area contributed by atoms with E-state index in [1.54, 1.807) is 6.33 Å². The molecule has 2 unspecified atom stereocenters. The summed E-state index contributed by atoms with van der Waals surface area (Å²) in [4.78, 5) is 8.39. The number of halogens is 1. The summed E-state index contributed by atoms with van der Waals surface area (Å²) in [5.41, 5.74) is 1.23. The maximum atomic E-state index is 6.13. The Morgan fingerprint density at radius 3 is 3.07 bits per heavy atom. The predicted molar refractivity (Wildman–Crippen MR) is 57.9 cm³/mol. The van der Waals surface area contributed by atoms with Crippen LogP contribution in [0.15, 0.2) is 11.4 Å². The fraction of sp³-hybridized carbons (Fsp3) is 0.600. The van der Waals surface area contributed by atoms with E-state index in [4.69, 9.17) is 11.6 Å². The van der Waals surface area contributed by atoms with Crippen LogP contribution in [0.1, 0.15) is 37.2 Å². The second kappa shape index (κ2) is 3.38. The lowest BCUT2D eigenvalue weighted by Gasteiger charge is -2.24. The van der Waals surface area contributed by atoms with Crippen molar-refractivity contribution >= 4 is 23.4 Å². The van der Waals surface area contributed by atoms with Gasteiger partial charge in [-0.25, -0.2) is 9.97 Å². The van der Waals surface area contributed by atoms with E-state index in [0.29, 0.717) is 16.3 Å². The molecule has 4 heteroatoms. The molecular formula is C10H11ClN2S. The van der Waals surface area contributed by atoms with E-state index < -0.39 is 0 Å². The van der Waals surface area contributed by atoms with Crippen LogP contribution in [0.3, 0.4) is 0 Å². The molecule has 0 radical (unpaired) electrons. The van der Waals surface area contributed by atoms with Gasteiger partial charge in [0, 0.05) is 16.7 Å². The van der Waals surface area contributed by atoms with Crippen molar-refractivity contribution in [2.75, 3.05) is 0 Å². The van der Waals surface area contributed by atoms with Gasteiger partial charge in [-0.2, -0.15) is 0 Å². The van der Waals surface area contributed by atoms with Gasteiger partial charge in [0.1, 0.15) is 16.5 Å². The summed E-state index contributed by atoms with van der Waals surface area (Å²) < 4.78 is 0. The first-order chi connectivity index (χ1) is 6.86. The molecule has 2 heterocycles. The van der Waals surface area contributed by atoms with Gasteiger partial charge in [-0.3, -0.25) is 0 Å². The second-order valence-corrected chi connectivity index (χ2v) is 5.52. The van der Waals surface area contributed by atoms with Crippen molar-refractivity contribution in [2.24, 2.45) is 0 Å². The van der Waals surface area contributed by atoms with Crippen molar-refractivity contribution in [3.8, 4) is 0 Å². The first kappa shape index (κ1) is 8.98. The highest BCUT2D eigenvalue weighted by Crippen LogP contribution is 2.52. The fourth-order valence-corrected chi connectivity index (χ4v) is 4.30. The smallest absolute Gasteiger partial charge is 0.137 e. The Bertz CT molecular complexity index is 369. The molecule has 14 heavy (non-hydrogen) atoms. The lowest BCUT2D eigenvalue weighted by molar-refractivity contribution is 0.459. The van der Waals surface area contributed by atoms with Crippen LogP contribution in [0.2, 0.25) is 5.15 Å². The zero-order chi connectivity index (χ0) is 9.54. The van der Waals surface area contributed by atoms with Crippen LogP contribution in [-0.4, -0.2) is 15.2 Å². The Balaban J connectivity index is 2.06. The quantitative estimate of drug-likeness (QED) is 0.635. The Labute approximate surface area is 92.5 Å². The Kier molecular flexibility index (Phi) is 2.17. The zero-order valence-electron chi connectivity index (χ0n) is 7.74. The summed E-state index contributed by atoms with van der Waals surface area (Å²) in [5, 5.41) is 2.52. The highest BCUT2D eigenvalue weighted by Gasteiger charge is 2.37. The van der Waals surface area contributed by atoms with Gasteiger partial charge in [0.15, 0.2) is 0 Å². The standard InChI is InChI=1S/C10H11ClN2S/c11-9-8-6-3-1-2-4-7(6)14-10(8)13-5-12-9/h5-7H,1-4H2. The first-order valence-electron chi connectivity index (χ1n) is 5.03. The van der Waals surface area contributed by atoms with Crippen LogP contribution in [0.5, 0.6) is 0 Å². The summed E-state index contributed by atoms with van der Waals surface area (Å²) in [6, 6.07) is 0. The SMILES string of the molecule is Clc1ncnc2c1C1CCCCC1S2. The molecule has 0 amide bonds. The molecule has 2 atom stereocenters. The Morgan fingerprint density at radius 1 is 1.29 bits per heavy atom. The molecule has 1 aliphatic heterocycles. The van der Waals surface area contributed by atoms with Gasteiger partial charge in [-0.05, 0) is 12.8 Å². The largest absolute Gasteiger partial charge is 0.230 e. The molecule has 2 aliphatic rings. The number of fused-ring (bicyclic) bond motifs is 3. The van der Waals surface area contributed by atoms with Gasteiger partial charge in [0.2, 0.25) is 0 Å². The number of nitrogens with zero attached hydrogens (tertiary/aromatic N) is 2. The molecule has 1 fully saturated rings. The van der Waals surface area contributed by atoms with Crippen molar-refractivity contribution < 1.29 is 0 Å². The maximum absolute atomic E-state index is 6.13.